The molecule has 60 valence electrons. The van der Waals surface area contributed by atoms with E-state index in [2.05, 4.69) is 13.2 Å². The van der Waals surface area contributed by atoms with Crippen LogP contribution in [0.5, 0.6) is 0 Å². The van der Waals surface area contributed by atoms with Crippen molar-refractivity contribution in [3.8, 4) is 0 Å². The molecule has 0 spiro atoms. The van der Waals surface area contributed by atoms with Gasteiger partial charge in [0.05, 0.1) is 0 Å². The Labute approximate surface area is 66.5 Å². The van der Waals surface area contributed by atoms with Crippen molar-refractivity contribution >= 4 is 5.97 Å². The van der Waals surface area contributed by atoms with Crippen LogP contribution in [0.2, 0.25) is 0 Å². The SMILES string of the molecule is C=CC1(OC(=O)C(=C)C)CC1. The molecule has 11 heavy (non-hydrogen) atoms. The van der Waals surface area contributed by atoms with Crippen LogP contribution in [0.25, 0.3) is 0 Å². The van der Waals surface area contributed by atoms with Gasteiger partial charge < -0.3 is 4.74 Å². The normalized spacial score (nSPS) is 18.6. The van der Waals surface area contributed by atoms with Crippen molar-refractivity contribution in [3.05, 3.63) is 24.8 Å². The summed E-state index contributed by atoms with van der Waals surface area (Å²) in [7, 11) is 0. The van der Waals surface area contributed by atoms with E-state index >= 15 is 0 Å². The topological polar surface area (TPSA) is 26.3 Å². The van der Waals surface area contributed by atoms with E-state index in [0.717, 1.165) is 12.8 Å². The van der Waals surface area contributed by atoms with Crippen LogP contribution in [0.15, 0.2) is 24.8 Å². The molecule has 0 aromatic rings. The van der Waals surface area contributed by atoms with Crippen LogP contribution in [0.1, 0.15) is 19.8 Å². The van der Waals surface area contributed by atoms with E-state index in [1.165, 1.54) is 0 Å². The average Bonchev–Trinajstić information content (AvgIpc) is 2.69. The lowest BCUT2D eigenvalue weighted by molar-refractivity contribution is -0.143. The summed E-state index contributed by atoms with van der Waals surface area (Å²) >= 11 is 0. The lowest BCUT2D eigenvalue weighted by atomic mass is 10.3. The Balaban J connectivity index is 2.48. The zero-order valence-electron chi connectivity index (χ0n) is 6.72. The molecule has 1 aliphatic carbocycles. The number of rotatable bonds is 3. The second-order valence-electron chi connectivity index (χ2n) is 2.94. The summed E-state index contributed by atoms with van der Waals surface area (Å²) in [6, 6.07) is 0. The minimum Gasteiger partial charge on any atom is -0.451 e. The molecule has 0 unspecified atom stereocenters. The average molecular weight is 152 g/mol. The zero-order chi connectivity index (χ0) is 8.48. The van der Waals surface area contributed by atoms with Gasteiger partial charge in [-0.25, -0.2) is 4.79 Å². The molecule has 2 nitrogen and oxygen atoms in total. The standard InChI is InChI=1S/C9H12O2/c1-4-9(5-6-9)11-8(10)7(2)3/h4H,1-2,5-6H2,3H3. The molecule has 1 rings (SSSR count). The second kappa shape index (κ2) is 2.53. The maximum Gasteiger partial charge on any atom is 0.333 e. The van der Waals surface area contributed by atoms with Crippen LogP contribution in [0.4, 0.5) is 0 Å². The molecule has 0 saturated heterocycles. The first-order valence-corrected chi connectivity index (χ1v) is 3.62. The molecule has 0 atom stereocenters. The van der Waals surface area contributed by atoms with Gasteiger partial charge in [0.2, 0.25) is 0 Å². The molecule has 0 aromatic heterocycles. The zero-order valence-corrected chi connectivity index (χ0v) is 6.72. The minimum atomic E-state index is -0.351. The predicted octanol–water partition coefficient (Wildman–Crippen LogP) is 1.82. The third-order valence-corrected chi connectivity index (χ3v) is 1.76. The van der Waals surface area contributed by atoms with Gasteiger partial charge in [0.1, 0.15) is 5.60 Å². The molecule has 0 aromatic carbocycles. The molecule has 0 radical (unpaired) electrons. The van der Waals surface area contributed by atoms with Crippen LogP contribution in [-0.2, 0) is 9.53 Å². The molecule has 0 bridgehead atoms. The lowest BCUT2D eigenvalue weighted by Gasteiger charge is -2.10. The summed E-state index contributed by atoms with van der Waals surface area (Å²) in [4.78, 5) is 11.0. The van der Waals surface area contributed by atoms with Crippen molar-refractivity contribution < 1.29 is 9.53 Å². The van der Waals surface area contributed by atoms with Crippen LogP contribution < -0.4 is 0 Å². The molecule has 0 amide bonds. The Hall–Kier alpha value is -1.05. The molecule has 1 saturated carbocycles. The summed E-state index contributed by atoms with van der Waals surface area (Å²) < 4.78 is 5.10. The highest BCUT2D eigenvalue weighted by Crippen LogP contribution is 2.40. The van der Waals surface area contributed by atoms with Crippen LogP contribution >= 0.6 is 0 Å². The highest BCUT2D eigenvalue weighted by molar-refractivity contribution is 5.87. The Morgan fingerprint density at radius 2 is 2.18 bits per heavy atom. The van der Waals surface area contributed by atoms with Gasteiger partial charge in [0.25, 0.3) is 0 Å². The molecule has 1 fully saturated rings. The van der Waals surface area contributed by atoms with Gasteiger partial charge >= 0.3 is 5.97 Å². The largest absolute Gasteiger partial charge is 0.451 e. The fourth-order valence-corrected chi connectivity index (χ4v) is 0.743. The highest BCUT2D eigenvalue weighted by Gasteiger charge is 2.43. The summed E-state index contributed by atoms with van der Waals surface area (Å²) in [5.74, 6) is -0.317. The summed E-state index contributed by atoms with van der Waals surface area (Å²) in [5, 5.41) is 0. The molecule has 0 aliphatic heterocycles. The molecular formula is C9H12O2. The Morgan fingerprint density at radius 1 is 1.64 bits per heavy atom. The number of carbonyl (C=O) groups excluding carboxylic acids is 1. The van der Waals surface area contributed by atoms with E-state index in [1.807, 2.05) is 0 Å². The number of carbonyl (C=O) groups is 1. The van der Waals surface area contributed by atoms with Crippen molar-refractivity contribution in [2.75, 3.05) is 0 Å². The van der Waals surface area contributed by atoms with Crippen molar-refractivity contribution in [1.82, 2.24) is 0 Å². The monoisotopic (exact) mass is 152 g/mol. The quantitative estimate of drug-likeness (QED) is 0.350. The van der Waals surface area contributed by atoms with Crippen molar-refractivity contribution in [2.45, 2.75) is 25.4 Å². The van der Waals surface area contributed by atoms with Gasteiger partial charge in [-0.05, 0) is 25.8 Å². The van der Waals surface area contributed by atoms with Gasteiger partial charge in [0.15, 0.2) is 0 Å². The smallest absolute Gasteiger partial charge is 0.333 e. The van der Waals surface area contributed by atoms with Gasteiger partial charge in [-0.1, -0.05) is 13.2 Å². The van der Waals surface area contributed by atoms with Crippen molar-refractivity contribution in [3.63, 3.8) is 0 Å². The first kappa shape index (κ1) is 8.05. The Morgan fingerprint density at radius 3 is 2.45 bits per heavy atom. The van der Waals surface area contributed by atoms with Crippen molar-refractivity contribution in [2.24, 2.45) is 0 Å². The fourth-order valence-electron chi connectivity index (χ4n) is 0.743. The minimum absolute atomic E-state index is 0.317. The first-order chi connectivity index (χ1) is 5.09. The lowest BCUT2D eigenvalue weighted by Crippen LogP contribution is -2.16. The summed E-state index contributed by atoms with van der Waals surface area (Å²) in [6.07, 6.45) is 3.49. The van der Waals surface area contributed by atoms with Gasteiger partial charge in [-0.3, -0.25) is 0 Å². The predicted molar refractivity (Wildman–Crippen MR) is 43.1 cm³/mol. The second-order valence-corrected chi connectivity index (χ2v) is 2.94. The van der Waals surface area contributed by atoms with Crippen LogP contribution in [-0.4, -0.2) is 11.6 Å². The van der Waals surface area contributed by atoms with E-state index in [-0.39, 0.29) is 11.6 Å². The fraction of sp³-hybridized carbons (Fsp3) is 0.444. The number of ether oxygens (including phenoxy) is 1. The highest BCUT2D eigenvalue weighted by atomic mass is 16.6. The molecule has 0 heterocycles. The van der Waals surface area contributed by atoms with E-state index < -0.39 is 0 Å². The van der Waals surface area contributed by atoms with E-state index in [1.54, 1.807) is 13.0 Å². The van der Waals surface area contributed by atoms with Crippen LogP contribution in [0.3, 0.4) is 0 Å². The molecule has 0 N–H and O–H groups in total. The maximum atomic E-state index is 11.0. The third-order valence-electron chi connectivity index (χ3n) is 1.76. The van der Waals surface area contributed by atoms with E-state index in [0.29, 0.717) is 5.57 Å². The van der Waals surface area contributed by atoms with Crippen molar-refractivity contribution in [1.29, 1.82) is 0 Å². The van der Waals surface area contributed by atoms with Gasteiger partial charge in [-0.15, -0.1) is 0 Å². The number of hydrogen-bond acceptors (Lipinski definition) is 2. The Bertz CT molecular complexity index is 212. The number of hydrogen-bond donors (Lipinski definition) is 0. The van der Waals surface area contributed by atoms with E-state index in [9.17, 15) is 4.79 Å². The Kier molecular flexibility index (Phi) is 1.85. The number of esters is 1. The van der Waals surface area contributed by atoms with Crippen LogP contribution in [0, 0.1) is 0 Å². The van der Waals surface area contributed by atoms with Gasteiger partial charge in [-0.2, -0.15) is 0 Å². The molecular weight excluding hydrogens is 140 g/mol. The maximum absolute atomic E-state index is 11.0. The van der Waals surface area contributed by atoms with E-state index in [4.69, 9.17) is 4.74 Å². The molecule has 1 aliphatic rings. The summed E-state index contributed by atoms with van der Waals surface area (Å²) in [6.45, 7) is 8.73. The van der Waals surface area contributed by atoms with Gasteiger partial charge in [0, 0.05) is 5.57 Å². The summed E-state index contributed by atoms with van der Waals surface area (Å²) in [5.41, 5.74) is 0.0916. The third kappa shape index (κ3) is 1.70. The first-order valence-electron chi connectivity index (χ1n) is 3.62. The molecule has 2 heteroatoms.